The van der Waals surface area contributed by atoms with Crippen LogP contribution in [-0.4, -0.2) is 48.1 Å². The van der Waals surface area contributed by atoms with Crippen molar-refractivity contribution < 1.29 is 9.53 Å². The molecule has 2 amide bonds. The normalized spacial score (nSPS) is 16.9. The first kappa shape index (κ1) is 20.0. The van der Waals surface area contributed by atoms with Crippen molar-refractivity contribution in [3.05, 3.63) is 70.9 Å². The molecule has 6 heteroatoms. The standard InChI is InChI=1S/C25H26ClN3O2/c1-16-11-25(12-18-5-6-20(31-3)10-21(16)18)14-29(15-25)24(30)28(2)13-17-4-7-22-19(8-17)9-23(26)27-22/h4-10,27H,1,11-15H2,2-3H3. The molecule has 5 rings (SSSR count). The monoisotopic (exact) mass is 435 g/mol. The minimum atomic E-state index is 0.0731. The third kappa shape index (κ3) is 3.57. The smallest absolute Gasteiger partial charge is 0.320 e. The van der Waals surface area contributed by atoms with Crippen LogP contribution in [0.15, 0.2) is 49.0 Å². The average Bonchev–Trinajstić information content (AvgIpc) is 3.10. The number of methoxy groups -OCH3 is 1. The molecule has 160 valence electrons. The van der Waals surface area contributed by atoms with E-state index in [2.05, 4.69) is 29.8 Å². The Bertz CT molecular complexity index is 1190. The van der Waals surface area contributed by atoms with Crippen LogP contribution in [0.5, 0.6) is 5.75 Å². The molecule has 0 bridgehead atoms. The van der Waals surface area contributed by atoms with Crippen molar-refractivity contribution in [3.8, 4) is 5.75 Å². The van der Waals surface area contributed by atoms with Crippen molar-refractivity contribution in [3.63, 3.8) is 0 Å². The molecular weight excluding hydrogens is 410 g/mol. The number of hydrogen-bond donors (Lipinski definition) is 1. The lowest BCUT2D eigenvalue weighted by molar-refractivity contribution is 0.0202. The SMILES string of the molecule is C=C1CC2(Cc3ccc(OC)cc31)CN(C(=O)N(C)Cc1ccc3[nH]c(Cl)cc3c1)C2. The third-order valence-electron chi connectivity index (χ3n) is 6.57. The van der Waals surface area contributed by atoms with Crippen LogP contribution in [0.4, 0.5) is 4.79 Å². The number of likely N-dealkylation sites (tertiary alicyclic amines) is 1. The molecule has 1 aliphatic heterocycles. The van der Waals surface area contributed by atoms with Gasteiger partial charge in [0.05, 0.1) is 7.11 Å². The third-order valence-corrected chi connectivity index (χ3v) is 6.78. The summed E-state index contributed by atoms with van der Waals surface area (Å²) in [5.41, 5.74) is 5.84. The summed E-state index contributed by atoms with van der Waals surface area (Å²) in [6.07, 6.45) is 1.90. The van der Waals surface area contributed by atoms with Crippen LogP contribution in [0.25, 0.3) is 16.5 Å². The van der Waals surface area contributed by atoms with Crippen LogP contribution in [0, 0.1) is 5.41 Å². The van der Waals surface area contributed by atoms with Crippen LogP contribution in [0.3, 0.4) is 0 Å². The minimum Gasteiger partial charge on any atom is -0.497 e. The Labute approximate surface area is 187 Å². The maximum absolute atomic E-state index is 13.0. The molecule has 2 heterocycles. The summed E-state index contributed by atoms with van der Waals surface area (Å²) in [6, 6.07) is 14.3. The zero-order valence-corrected chi connectivity index (χ0v) is 18.6. The van der Waals surface area contributed by atoms with E-state index in [4.69, 9.17) is 16.3 Å². The maximum Gasteiger partial charge on any atom is 0.320 e. The number of amides is 2. The van der Waals surface area contributed by atoms with E-state index in [1.807, 2.05) is 36.2 Å². The highest BCUT2D eigenvalue weighted by atomic mass is 35.5. The highest BCUT2D eigenvalue weighted by Gasteiger charge is 2.48. The number of ether oxygens (including phenoxy) is 1. The van der Waals surface area contributed by atoms with Gasteiger partial charge in [-0.05, 0) is 65.4 Å². The molecule has 1 aliphatic carbocycles. The van der Waals surface area contributed by atoms with Gasteiger partial charge < -0.3 is 19.5 Å². The lowest BCUT2D eigenvalue weighted by Crippen LogP contribution is -2.62. The lowest BCUT2D eigenvalue weighted by atomic mass is 9.65. The molecule has 2 aromatic carbocycles. The van der Waals surface area contributed by atoms with Crippen LogP contribution < -0.4 is 4.74 Å². The fourth-order valence-corrected chi connectivity index (χ4v) is 5.35. The zero-order valence-electron chi connectivity index (χ0n) is 17.9. The molecule has 0 radical (unpaired) electrons. The van der Waals surface area contributed by atoms with Gasteiger partial charge in [0.25, 0.3) is 0 Å². The van der Waals surface area contributed by atoms with E-state index >= 15 is 0 Å². The second kappa shape index (κ2) is 7.34. The highest BCUT2D eigenvalue weighted by molar-refractivity contribution is 6.30. The summed E-state index contributed by atoms with van der Waals surface area (Å²) < 4.78 is 5.36. The van der Waals surface area contributed by atoms with Gasteiger partial charge in [-0.2, -0.15) is 0 Å². The number of nitrogens with zero attached hydrogens (tertiary/aromatic N) is 2. The number of allylic oxidation sites excluding steroid dienone is 1. The largest absolute Gasteiger partial charge is 0.497 e. The highest BCUT2D eigenvalue weighted by Crippen LogP contribution is 2.47. The van der Waals surface area contributed by atoms with E-state index < -0.39 is 0 Å². The molecule has 1 spiro atoms. The predicted molar refractivity (Wildman–Crippen MR) is 125 cm³/mol. The van der Waals surface area contributed by atoms with Crippen molar-refractivity contribution >= 4 is 34.1 Å². The van der Waals surface area contributed by atoms with Crippen molar-refractivity contribution in [2.75, 3.05) is 27.2 Å². The number of carbonyl (C=O) groups excluding carboxylic acids is 1. The molecule has 1 N–H and O–H groups in total. The number of H-pyrrole nitrogens is 1. The Morgan fingerprint density at radius 1 is 1.23 bits per heavy atom. The summed E-state index contributed by atoms with van der Waals surface area (Å²) >= 11 is 6.05. The van der Waals surface area contributed by atoms with E-state index in [0.29, 0.717) is 11.7 Å². The van der Waals surface area contributed by atoms with Crippen molar-refractivity contribution in [2.24, 2.45) is 5.41 Å². The maximum atomic E-state index is 13.0. The van der Waals surface area contributed by atoms with Crippen LogP contribution >= 0.6 is 11.6 Å². The fourth-order valence-electron chi connectivity index (χ4n) is 5.13. The number of urea groups is 1. The Morgan fingerprint density at radius 2 is 2.03 bits per heavy atom. The van der Waals surface area contributed by atoms with Crippen LogP contribution in [0.1, 0.15) is 23.1 Å². The Hall–Kier alpha value is -2.92. The van der Waals surface area contributed by atoms with Gasteiger partial charge in [-0.3, -0.25) is 0 Å². The van der Waals surface area contributed by atoms with Crippen LogP contribution in [0.2, 0.25) is 5.15 Å². The topological polar surface area (TPSA) is 48.6 Å². The van der Waals surface area contributed by atoms with Gasteiger partial charge in [0.1, 0.15) is 10.9 Å². The minimum absolute atomic E-state index is 0.0731. The molecule has 1 aromatic heterocycles. The molecule has 31 heavy (non-hydrogen) atoms. The number of benzene rings is 2. The van der Waals surface area contributed by atoms with E-state index in [1.54, 1.807) is 12.0 Å². The van der Waals surface area contributed by atoms with E-state index in [9.17, 15) is 4.79 Å². The van der Waals surface area contributed by atoms with Gasteiger partial charge in [-0.25, -0.2) is 4.79 Å². The number of fused-ring (bicyclic) bond motifs is 2. The molecule has 0 atom stereocenters. The first-order valence-electron chi connectivity index (χ1n) is 10.5. The molecular formula is C25H26ClN3O2. The first-order valence-corrected chi connectivity index (χ1v) is 10.9. The number of aromatic amines is 1. The number of carbonyl (C=O) groups is 1. The van der Waals surface area contributed by atoms with E-state index in [-0.39, 0.29) is 11.4 Å². The second-order valence-electron chi connectivity index (χ2n) is 9.01. The van der Waals surface area contributed by atoms with Crippen molar-refractivity contribution in [1.82, 2.24) is 14.8 Å². The van der Waals surface area contributed by atoms with Crippen molar-refractivity contribution in [2.45, 2.75) is 19.4 Å². The molecule has 1 saturated heterocycles. The van der Waals surface area contributed by atoms with Crippen molar-refractivity contribution in [1.29, 1.82) is 0 Å². The summed E-state index contributed by atoms with van der Waals surface area (Å²) in [7, 11) is 3.55. The Kier molecular flexibility index (Phi) is 4.74. The number of rotatable bonds is 3. The average molecular weight is 436 g/mol. The number of hydrogen-bond acceptors (Lipinski definition) is 2. The summed E-state index contributed by atoms with van der Waals surface area (Å²) in [5, 5.41) is 1.68. The summed E-state index contributed by atoms with van der Waals surface area (Å²) in [6.45, 7) is 6.42. The number of aromatic nitrogens is 1. The molecule has 0 saturated carbocycles. The molecule has 1 fully saturated rings. The quantitative estimate of drug-likeness (QED) is 0.603. The number of nitrogens with one attached hydrogen (secondary N) is 1. The molecule has 3 aromatic rings. The van der Waals surface area contributed by atoms with Gasteiger partial charge >= 0.3 is 6.03 Å². The second-order valence-corrected chi connectivity index (χ2v) is 9.42. The fraction of sp³-hybridized carbons (Fsp3) is 0.320. The van der Waals surface area contributed by atoms with Gasteiger partial charge in [0.2, 0.25) is 0 Å². The molecule has 5 nitrogen and oxygen atoms in total. The van der Waals surface area contributed by atoms with Crippen LogP contribution in [-0.2, 0) is 13.0 Å². The lowest BCUT2D eigenvalue weighted by Gasteiger charge is -2.53. The van der Waals surface area contributed by atoms with Gasteiger partial charge in [-0.1, -0.05) is 30.3 Å². The Balaban J connectivity index is 1.24. The Morgan fingerprint density at radius 3 is 2.81 bits per heavy atom. The summed E-state index contributed by atoms with van der Waals surface area (Å²) in [4.78, 5) is 19.9. The van der Waals surface area contributed by atoms with E-state index in [0.717, 1.165) is 53.7 Å². The first-order chi connectivity index (χ1) is 14.9. The number of halogens is 1. The molecule has 0 unspecified atom stereocenters. The van der Waals surface area contributed by atoms with Gasteiger partial charge in [-0.15, -0.1) is 0 Å². The molecule has 2 aliphatic rings. The summed E-state index contributed by atoms with van der Waals surface area (Å²) in [5.74, 6) is 0.864. The zero-order chi connectivity index (χ0) is 21.8. The van der Waals surface area contributed by atoms with Gasteiger partial charge in [0, 0.05) is 43.0 Å². The predicted octanol–water partition coefficient (Wildman–Crippen LogP) is 5.34. The van der Waals surface area contributed by atoms with E-state index in [1.165, 1.54) is 11.1 Å². The van der Waals surface area contributed by atoms with Gasteiger partial charge in [0.15, 0.2) is 0 Å².